The van der Waals surface area contributed by atoms with E-state index in [9.17, 15) is 4.79 Å². The van der Waals surface area contributed by atoms with Crippen molar-refractivity contribution >= 4 is 11.7 Å². The number of ketones is 1. The third-order valence-electron chi connectivity index (χ3n) is 6.13. The van der Waals surface area contributed by atoms with E-state index < -0.39 is 0 Å². The van der Waals surface area contributed by atoms with E-state index in [0.717, 1.165) is 40.1 Å². The summed E-state index contributed by atoms with van der Waals surface area (Å²) in [6, 6.07) is 15.6. The number of nitrogens with one attached hydrogen (secondary N) is 1. The van der Waals surface area contributed by atoms with Crippen LogP contribution in [0.1, 0.15) is 43.9 Å². The molecule has 5 rings (SSSR count). The molecule has 0 radical (unpaired) electrons. The summed E-state index contributed by atoms with van der Waals surface area (Å²) in [5.41, 5.74) is 4.69. The number of carbonyl (C=O) groups excluding carboxylic acids is 1. The molecule has 1 aliphatic heterocycles. The number of benzene rings is 2. The monoisotopic (exact) mass is 414 g/mol. The summed E-state index contributed by atoms with van der Waals surface area (Å²) in [6.45, 7) is 6.32. The second-order valence-corrected chi connectivity index (χ2v) is 9.16. The van der Waals surface area contributed by atoms with Gasteiger partial charge in [-0.15, -0.1) is 5.10 Å². The molecule has 31 heavy (non-hydrogen) atoms. The van der Waals surface area contributed by atoms with Gasteiger partial charge in [-0.2, -0.15) is 4.98 Å². The Labute approximate surface area is 182 Å². The zero-order valence-corrected chi connectivity index (χ0v) is 18.3. The molecule has 0 spiro atoms. The van der Waals surface area contributed by atoms with Crippen LogP contribution >= 0.6 is 0 Å². The van der Waals surface area contributed by atoms with E-state index in [1.165, 1.54) is 0 Å². The summed E-state index contributed by atoms with van der Waals surface area (Å²) >= 11 is 0. The number of Topliss-reactive ketones (excluding diaryl/α,β-unsaturated/α-hetero) is 1. The van der Waals surface area contributed by atoms with Crippen LogP contribution in [0.15, 0.2) is 59.8 Å². The molecule has 0 saturated carbocycles. The Morgan fingerprint density at radius 2 is 1.94 bits per heavy atom. The van der Waals surface area contributed by atoms with Gasteiger partial charge in [0.1, 0.15) is 11.8 Å². The van der Waals surface area contributed by atoms with Crippen LogP contribution in [-0.4, -0.2) is 27.7 Å². The molecule has 0 fully saturated rings. The number of hydrogen-bond acceptors (Lipinski definition) is 5. The van der Waals surface area contributed by atoms with E-state index in [-0.39, 0.29) is 17.2 Å². The number of aromatic nitrogens is 3. The lowest BCUT2D eigenvalue weighted by Gasteiger charge is -2.38. The van der Waals surface area contributed by atoms with Crippen LogP contribution in [0.25, 0.3) is 11.4 Å². The number of nitrogens with zero attached hydrogens (tertiary/aromatic N) is 3. The van der Waals surface area contributed by atoms with Gasteiger partial charge in [-0.1, -0.05) is 50.2 Å². The molecule has 6 nitrogen and oxygen atoms in total. The van der Waals surface area contributed by atoms with E-state index in [1.807, 2.05) is 47.1 Å². The summed E-state index contributed by atoms with van der Waals surface area (Å²) in [4.78, 5) is 18.2. The smallest absolute Gasteiger partial charge is 0.226 e. The molecule has 2 aliphatic rings. The maximum Gasteiger partial charge on any atom is 0.226 e. The Kier molecular flexibility index (Phi) is 4.46. The van der Waals surface area contributed by atoms with Crippen LogP contribution in [0.5, 0.6) is 5.75 Å². The summed E-state index contributed by atoms with van der Waals surface area (Å²) in [6.07, 6.45) is 1.31. The fourth-order valence-electron chi connectivity index (χ4n) is 4.67. The summed E-state index contributed by atoms with van der Waals surface area (Å²) in [5.74, 6) is 2.23. The van der Waals surface area contributed by atoms with Gasteiger partial charge in [-0.05, 0) is 42.0 Å². The van der Waals surface area contributed by atoms with Gasteiger partial charge in [0, 0.05) is 23.3 Å². The Bertz CT molecular complexity index is 1220. The third-order valence-corrected chi connectivity index (χ3v) is 6.13. The highest BCUT2D eigenvalue weighted by molar-refractivity contribution is 6.00. The number of rotatable bonds is 3. The molecule has 2 heterocycles. The number of allylic oxidation sites excluding steroid dienone is 2. The van der Waals surface area contributed by atoms with Crippen LogP contribution in [-0.2, 0) is 4.79 Å². The van der Waals surface area contributed by atoms with Crippen molar-refractivity contribution < 1.29 is 9.53 Å². The first-order valence-electron chi connectivity index (χ1n) is 10.6. The predicted molar refractivity (Wildman–Crippen MR) is 120 cm³/mol. The molecule has 2 aromatic carbocycles. The summed E-state index contributed by atoms with van der Waals surface area (Å²) < 4.78 is 7.31. The van der Waals surface area contributed by atoms with Crippen molar-refractivity contribution in [3.05, 3.63) is 70.9 Å². The average Bonchev–Trinajstić information content (AvgIpc) is 3.15. The lowest BCUT2D eigenvalue weighted by molar-refractivity contribution is -0.118. The molecule has 1 atom stereocenters. The van der Waals surface area contributed by atoms with Crippen molar-refractivity contribution in [2.45, 2.75) is 39.7 Å². The zero-order valence-electron chi connectivity index (χ0n) is 18.3. The number of aryl methyl sites for hydroxylation is 1. The summed E-state index contributed by atoms with van der Waals surface area (Å²) in [7, 11) is 1.65. The highest BCUT2D eigenvalue weighted by Gasteiger charge is 2.42. The topological polar surface area (TPSA) is 69.0 Å². The number of methoxy groups -OCH3 is 1. The van der Waals surface area contributed by atoms with E-state index >= 15 is 0 Å². The maximum absolute atomic E-state index is 13.3. The fraction of sp³-hybridized carbons (Fsp3) is 0.320. The normalized spacial score (nSPS) is 19.5. The zero-order chi connectivity index (χ0) is 21.8. The highest BCUT2D eigenvalue weighted by Crippen LogP contribution is 2.46. The quantitative estimate of drug-likeness (QED) is 0.659. The van der Waals surface area contributed by atoms with Crippen LogP contribution in [0.4, 0.5) is 5.95 Å². The van der Waals surface area contributed by atoms with E-state index in [0.29, 0.717) is 18.2 Å². The van der Waals surface area contributed by atoms with Crippen molar-refractivity contribution in [3.63, 3.8) is 0 Å². The first-order chi connectivity index (χ1) is 14.9. The number of fused-ring (bicyclic) bond motifs is 1. The Morgan fingerprint density at radius 1 is 1.13 bits per heavy atom. The van der Waals surface area contributed by atoms with Crippen molar-refractivity contribution in [1.82, 2.24) is 14.8 Å². The van der Waals surface area contributed by atoms with Gasteiger partial charge in [0.15, 0.2) is 11.6 Å². The fourth-order valence-corrected chi connectivity index (χ4v) is 4.67. The molecule has 1 aliphatic carbocycles. The van der Waals surface area contributed by atoms with Crippen LogP contribution in [0, 0.1) is 12.3 Å². The van der Waals surface area contributed by atoms with Gasteiger partial charge in [0.2, 0.25) is 5.95 Å². The maximum atomic E-state index is 13.3. The molecule has 1 N–H and O–H groups in total. The van der Waals surface area contributed by atoms with Gasteiger partial charge in [0.05, 0.1) is 7.11 Å². The second-order valence-electron chi connectivity index (χ2n) is 9.16. The largest absolute Gasteiger partial charge is 0.497 e. The molecular weight excluding hydrogens is 388 g/mol. The molecule has 6 heteroatoms. The average molecular weight is 415 g/mol. The number of carbonyl (C=O) groups is 1. The standard InChI is InChI=1S/C25H26N4O2/c1-15-8-5-6-11-18(15)23-27-24-26-19-13-25(2,3)14-20(30)21(19)22(29(24)28-23)16-9-7-10-17(12-16)31-4/h5-12,22H,13-14H2,1-4H3,(H,26,27,28). The minimum atomic E-state index is -0.338. The molecule has 158 valence electrons. The lowest BCUT2D eigenvalue weighted by Crippen LogP contribution is -2.36. The van der Waals surface area contributed by atoms with Crippen LogP contribution < -0.4 is 10.1 Å². The minimum Gasteiger partial charge on any atom is -0.497 e. The van der Waals surface area contributed by atoms with Gasteiger partial charge >= 0.3 is 0 Å². The van der Waals surface area contributed by atoms with Crippen molar-refractivity contribution in [1.29, 1.82) is 0 Å². The first-order valence-corrected chi connectivity index (χ1v) is 10.6. The van der Waals surface area contributed by atoms with Crippen LogP contribution in [0.3, 0.4) is 0 Å². The Hall–Kier alpha value is -3.41. The molecule has 1 unspecified atom stereocenters. The van der Waals surface area contributed by atoms with E-state index in [1.54, 1.807) is 7.11 Å². The lowest BCUT2D eigenvalue weighted by atomic mass is 9.73. The van der Waals surface area contributed by atoms with Crippen molar-refractivity contribution in [2.24, 2.45) is 5.41 Å². The minimum absolute atomic E-state index is 0.0944. The highest BCUT2D eigenvalue weighted by atomic mass is 16.5. The predicted octanol–water partition coefficient (Wildman–Crippen LogP) is 4.92. The van der Waals surface area contributed by atoms with Gasteiger partial charge in [-0.25, -0.2) is 4.68 Å². The first kappa shape index (κ1) is 19.5. The summed E-state index contributed by atoms with van der Waals surface area (Å²) in [5, 5.41) is 8.31. The molecule has 3 aromatic rings. The van der Waals surface area contributed by atoms with Crippen molar-refractivity contribution in [3.8, 4) is 17.1 Å². The Balaban J connectivity index is 1.70. The SMILES string of the molecule is COc1cccc(C2C3=C(CC(C)(C)CC3=O)Nc3nc(-c4ccccc4C)nn32)c1. The molecule has 0 bridgehead atoms. The molecular formula is C25H26N4O2. The van der Waals surface area contributed by atoms with E-state index in [2.05, 4.69) is 32.2 Å². The van der Waals surface area contributed by atoms with Gasteiger partial charge in [0.25, 0.3) is 0 Å². The molecule has 0 amide bonds. The van der Waals surface area contributed by atoms with Crippen LogP contribution in [0.2, 0.25) is 0 Å². The number of anilines is 1. The van der Waals surface area contributed by atoms with Gasteiger partial charge < -0.3 is 10.1 Å². The number of ether oxygens (including phenoxy) is 1. The third kappa shape index (κ3) is 3.32. The number of hydrogen-bond donors (Lipinski definition) is 1. The van der Waals surface area contributed by atoms with Crippen molar-refractivity contribution in [2.75, 3.05) is 12.4 Å². The molecule has 1 aromatic heterocycles. The van der Waals surface area contributed by atoms with E-state index in [4.69, 9.17) is 14.8 Å². The van der Waals surface area contributed by atoms with Gasteiger partial charge in [-0.3, -0.25) is 4.79 Å². The Morgan fingerprint density at radius 3 is 2.71 bits per heavy atom. The second kappa shape index (κ2) is 7.08. The molecule has 0 saturated heterocycles.